The molecule has 2 saturated heterocycles. The number of hydrazine groups is 1. The standard InChI is InChI=1S/C21H28FN5O3/c22-16-4-6-17(7-5-16)26-14-12-25(13-15-26)11-8-18(28)24-27-19(29)21(23-20(27)30)9-2-1-3-10-21/h4-7H,1-3,8-15H2,(H,23,30)(H,24,28). The minimum Gasteiger partial charge on any atom is -0.369 e. The summed E-state index contributed by atoms with van der Waals surface area (Å²) in [5.74, 6) is -0.927. The van der Waals surface area contributed by atoms with Gasteiger partial charge in [0.05, 0.1) is 0 Å². The van der Waals surface area contributed by atoms with Gasteiger partial charge < -0.3 is 10.2 Å². The van der Waals surface area contributed by atoms with Crippen LogP contribution in [0.5, 0.6) is 0 Å². The van der Waals surface area contributed by atoms with E-state index in [0.29, 0.717) is 19.4 Å². The Balaban J connectivity index is 1.22. The maximum Gasteiger partial charge on any atom is 0.344 e. The van der Waals surface area contributed by atoms with Crippen LogP contribution in [0.15, 0.2) is 24.3 Å². The molecular weight excluding hydrogens is 389 g/mol. The average molecular weight is 417 g/mol. The molecule has 0 unspecified atom stereocenters. The highest BCUT2D eigenvalue weighted by atomic mass is 19.1. The Kier molecular flexibility index (Phi) is 5.90. The van der Waals surface area contributed by atoms with Crippen LogP contribution < -0.4 is 15.6 Å². The Morgan fingerprint density at radius 1 is 1.03 bits per heavy atom. The quantitative estimate of drug-likeness (QED) is 0.712. The maximum atomic E-state index is 13.1. The zero-order valence-electron chi connectivity index (χ0n) is 17.0. The molecule has 0 radical (unpaired) electrons. The molecule has 2 aliphatic heterocycles. The highest BCUT2D eigenvalue weighted by molar-refractivity contribution is 6.08. The fourth-order valence-corrected chi connectivity index (χ4v) is 4.54. The third-order valence-corrected chi connectivity index (χ3v) is 6.32. The molecule has 4 rings (SSSR count). The topological polar surface area (TPSA) is 85.0 Å². The van der Waals surface area contributed by atoms with E-state index in [2.05, 4.69) is 20.5 Å². The summed E-state index contributed by atoms with van der Waals surface area (Å²) in [7, 11) is 0. The minimum atomic E-state index is -0.834. The average Bonchev–Trinajstić information content (AvgIpc) is 2.97. The van der Waals surface area contributed by atoms with Crippen molar-refractivity contribution in [2.75, 3.05) is 37.6 Å². The number of piperazine rings is 1. The first kappa shape index (κ1) is 20.6. The Morgan fingerprint density at radius 2 is 1.70 bits per heavy atom. The van der Waals surface area contributed by atoms with Crippen molar-refractivity contribution in [3.05, 3.63) is 30.1 Å². The van der Waals surface area contributed by atoms with Crippen molar-refractivity contribution in [2.24, 2.45) is 0 Å². The van der Waals surface area contributed by atoms with E-state index >= 15 is 0 Å². The summed E-state index contributed by atoms with van der Waals surface area (Å²) in [5, 5.41) is 3.65. The monoisotopic (exact) mass is 417 g/mol. The molecule has 1 spiro atoms. The number of carbonyl (C=O) groups is 3. The first-order chi connectivity index (χ1) is 14.5. The van der Waals surface area contributed by atoms with Crippen LogP contribution in [0.25, 0.3) is 0 Å². The summed E-state index contributed by atoms with van der Waals surface area (Å²) in [4.78, 5) is 41.7. The molecule has 30 heavy (non-hydrogen) atoms. The first-order valence-corrected chi connectivity index (χ1v) is 10.7. The lowest BCUT2D eigenvalue weighted by Gasteiger charge is -2.36. The van der Waals surface area contributed by atoms with E-state index < -0.39 is 11.6 Å². The van der Waals surface area contributed by atoms with Crippen LogP contribution in [0.2, 0.25) is 0 Å². The van der Waals surface area contributed by atoms with Crippen LogP contribution in [-0.2, 0) is 9.59 Å². The number of benzene rings is 1. The number of rotatable bonds is 5. The number of hydrogen-bond acceptors (Lipinski definition) is 5. The Bertz CT molecular complexity index is 801. The Hall–Kier alpha value is -2.68. The summed E-state index contributed by atoms with van der Waals surface area (Å²) in [6.45, 7) is 3.72. The van der Waals surface area contributed by atoms with Gasteiger partial charge in [0, 0.05) is 44.8 Å². The highest BCUT2D eigenvalue weighted by Crippen LogP contribution is 2.33. The fraction of sp³-hybridized carbons (Fsp3) is 0.571. The van der Waals surface area contributed by atoms with Crippen molar-refractivity contribution in [3.8, 4) is 0 Å². The van der Waals surface area contributed by atoms with E-state index in [-0.39, 0.29) is 24.1 Å². The van der Waals surface area contributed by atoms with Crippen LogP contribution in [-0.4, -0.2) is 66.0 Å². The van der Waals surface area contributed by atoms with E-state index in [0.717, 1.165) is 56.1 Å². The zero-order valence-corrected chi connectivity index (χ0v) is 17.0. The molecule has 1 aromatic rings. The number of carbonyl (C=O) groups excluding carboxylic acids is 3. The molecule has 8 nitrogen and oxygen atoms in total. The predicted molar refractivity (Wildman–Crippen MR) is 109 cm³/mol. The molecule has 1 aromatic carbocycles. The van der Waals surface area contributed by atoms with Crippen LogP contribution in [0.1, 0.15) is 38.5 Å². The van der Waals surface area contributed by atoms with Crippen molar-refractivity contribution in [3.63, 3.8) is 0 Å². The third kappa shape index (κ3) is 4.26. The lowest BCUT2D eigenvalue weighted by atomic mass is 9.82. The van der Waals surface area contributed by atoms with Gasteiger partial charge >= 0.3 is 6.03 Å². The van der Waals surface area contributed by atoms with Crippen molar-refractivity contribution < 1.29 is 18.8 Å². The van der Waals surface area contributed by atoms with Crippen molar-refractivity contribution in [1.29, 1.82) is 0 Å². The van der Waals surface area contributed by atoms with Gasteiger partial charge in [0.2, 0.25) is 5.91 Å². The number of amides is 4. The van der Waals surface area contributed by atoms with E-state index in [9.17, 15) is 18.8 Å². The Morgan fingerprint density at radius 3 is 2.37 bits per heavy atom. The van der Waals surface area contributed by atoms with Crippen LogP contribution in [0, 0.1) is 5.82 Å². The van der Waals surface area contributed by atoms with E-state index in [1.54, 1.807) is 12.1 Å². The fourth-order valence-electron chi connectivity index (χ4n) is 4.54. The molecule has 2 heterocycles. The van der Waals surface area contributed by atoms with Gasteiger partial charge in [-0.1, -0.05) is 19.3 Å². The molecule has 3 fully saturated rings. The molecule has 2 N–H and O–H groups in total. The van der Waals surface area contributed by atoms with Crippen LogP contribution in [0.4, 0.5) is 14.9 Å². The van der Waals surface area contributed by atoms with Gasteiger partial charge in [-0.05, 0) is 37.1 Å². The molecule has 9 heteroatoms. The van der Waals surface area contributed by atoms with Crippen molar-refractivity contribution in [2.45, 2.75) is 44.1 Å². The number of hydrogen-bond donors (Lipinski definition) is 2. The number of imide groups is 1. The summed E-state index contributed by atoms with van der Waals surface area (Å²) >= 11 is 0. The van der Waals surface area contributed by atoms with Gasteiger partial charge in [0.25, 0.3) is 5.91 Å². The molecule has 1 aliphatic carbocycles. The molecule has 0 bridgehead atoms. The number of anilines is 1. The van der Waals surface area contributed by atoms with Crippen LogP contribution in [0.3, 0.4) is 0 Å². The van der Waals surface area contributed by atoms with Gasteiger partial charge in [-0.15, -0.1) is 0 Å². The summed E-state index contributed by atoms with van der Waals surface area (Å²) < 4.78 is 13.1. The lowest BCUT2D eigenvalue weighted by molar-refractivity contribution is -0.140. The molecule has 0 aromatic heterocycles. The number of halogens is 1. The highest BCUT2D eigenvalue weighted by Gasteiger charge is 2.52. The van der Waals surface area contributed by atoms with E-state index in [1.807, 2.05) is 0 Å². The van der Waals surface area contributed by atoms with Gasteiger partial charge in [0.1, 0.15) is 11.4 Å². The van der Waals surface area contributed by atoms with E-state index in [4.69, 9.17) is 0 Å². The predicted octanol–water partition coefficient (Wildman–Crippen LogP) is 1.62. The van der Waals surface area contributed by atoms with Gasteiger partial charge in [-0.25, -0.2) is 9.18 Å². The third-order valence-electron chi connectivity index (χ3n) is 6.32. The second kappa shape index (κ2) is 8.59. The zero-order chi connectivity index (χ0) is 21.1. The second-order valence-corrected chi connectivity index (χ2v) is 8.30. The summed E-state index contributed by atoms with van der Waals surface area (Å²) in [6.07, 6.45) is 4.33. The Labute approximate surface area is 175 Å². The SMILES string of the molecule is O=C(CCN1CCN(c2ccc(F)cc2)CC1)NN1C(=O)NC2(CCCCC2)C1=O. The number of nitrogens with zero attached hydrogens (tertiary/aromatic N) is 3. The van der Waals surface area contributed by atoms with E-state index in [1.165, 1.54) is 12.1 Å². The van der Waals surface area contributed by atoms with Gasteiger partial charge in [-0.2, -0.15) is 5.01 Å². The normalized spacial score (nSPS) is 21.8. The first-order valence-electron chi connectivity index (χ1n) is 10.7. The second-order valence-electron chi connectivity index (χ2n) is 8.30. The van der Waals surface area contributed by atoms with Gasteiger partial charge in [-0.3, -0.25) is 19.9 Å². The smallest absolute Gasteiger partial charge is 0.344 e. The van der Waals surface area contributed by atoms with Crippen molar-refractivity contribution >= 4 is 23.5 Å². The summed E-state index contributed by atoms with van der Waals surface area (Å²) in [5.41, 5.74) is 2.65. The van der Waals surface area contributed by atoms with Gasteiger partial charge in [0.15, 0.2) is 0 Å². The van der Waals surface area contributed by atoms with Crippen LogP contribution >= 0.6 is 0 Å². The molecule has 4 amide bonds. The molecule has 162 valence electrons. The maximum absolute atomic E-state index is 13.1. The molecule has 0 atom stereocenters. The molecular formula is C21H28FN5O3. The summed E-state index contributed by atoms with van der Waals surface area (Å²) in [6, 6.07) is 5.92. The number of nitrogens with one attached hydrogen (secondary N) is 2. The largest absolute Gasteiger partial charge is 0.369 e. The lowest BCUT2D eigenvalue weighted by Crippen LogP contribution is -2.51. The number of urea groups is 1. The molecule has 3 aliphatic rings. The minimum absolute atomic E-state index is 0.209. The molecule has 1 saturated carbocycles. The van der Waals surface area contributed by atoms with Crippen molar-refractivity contribution in [1.82, 2.24) is 20.7 Å².